The van der Waals surface area contributed by atoms with Crippen molar-refractivity contribution >= 4 is 28.5 Å². The first-order valence-electron chi connectivity index (χ1n) is 6.89. The molecular formula is C15H12ClN5O. The minimum atomic E-state index is 0.0178. The number of benzene rings is 1. The van der Waals surface area contributed by atoms with Crippen LogP contribution in [0, 0.1) is 0 Å². The second-order valence-electron chi connectivity index (χ2n) is 5.03. The fourth-order valence-corrected chi connectivity index (χ4v) is 2.49. The number of hydrogen-bond acceptors (Lipinski definition) is 6. The van der Waals surface area contributed by atoms with Gasteiger partial charge in [-0.25, -0.2) is 19.9 Å². The van der Waals surface area contributed by atoms with Crippen molar-refractivity contribution in [2.45, 2.75) is 6.10 Å². The third-order valence-corrected chi connectivity index (χ3v) is 3.77. The van der Waals surface area contributed by atoms with Crippen molar-refractivity contribution in [3.8, 4) is 5.88 Å². The SMILES string of the molecule is Clc1nccnc1OC1CN(c2ncc3ccccc3n2)C1. The summed E-state index contributed by atoms with van der Waals surface area (Å²) in [6, 6.07) is 7.92. The summed E-state index contributed by atoms with van der Waals surface area (Å²) in [6.07, 6.45) is 4.95. The molecule has 1 aliphatic heterocycles. The second kappa shape index (κ2) is 5.38. The molecule has 6 nitrogen and oxygen atoms in total. The number of rotatable bonds is 3. The smallest absolute Gasteiger partial charge is 0.252 e. The van der Waals surface area contributed by atoms with Crippen molar-refractivity contribution < 1.29 is 4.74 Å². The van der Waals surface area contributed by atoms with E-state index in [2.05, 4.69) is 24.8 Å². The lowest BCUT2D eigenvalue weighted by Gasteiger charge is -2.38. The number of para-hydroxylation sites is 1. The van der Waals surface area contributed by atoms with Crippen LogP contribution in [0.2, 0.25) is 5.15 Å². The Morgan fingerprint density at radius 1 is 1.09 bits per heavy atom. The van der Waals surface area contributed by atoms with E-state index in [0.29, 0.717) is 24.9 Å². The maximum absolute atomic E-state index is 5.93. The predicted molar refractivity (Wildman–Crippen MR) is 83.2 cm³/mol. The summed E-state index contributed by atoms with van der Waals surface area (Å²) in [7, 11) is 0. The molecular weight excluding hydrogens is 302 g/mol. The predicted octanol–water partition coefficient (Wildman–Crippen LogP) is 2.34. The molecule has 1 fully saturated rings. The van der Waals surface area contributed by atoms with Crippen LogP contribution >= 0.6 is 11.6 Å². The summed E-state index contributed by atoms with van der Waals surface area (Å²) in [5, 5.41) is 1.31. The Balaban J connectivity index is 1.45. The van der Waals surface area contributed by atoms with Gasteiger partial charge in [-0.05, 0) is 6.07 Å². The highest BCUT2D eigenvalue weighted by Crippen LogP contribution is 2.24. The van der Waals surface area contributed by atoms with Crippen LogP contribution in [0.3, 0.4) is 0 Å². The third-order valence-electron chi connectivity index (χ3n) is 3.51. The van der Waals surface area contributed by atoms with E-state index < -0.39 is 0 Å². The molecule has 1 aliphatic rings. The van der Waals surface area contributed by atoms with Crippen LogP contribution in [0.4, 0.5) is 5.95 Å². The summed E-state index contributed by atoms with van der Waals surface area (Å²) in [5.41, 5.74) is 0.939. The number of fused-ring (bicyclic) bond motifs is 1. The molecule has 0 atom stereocenters. The van der Waals surface area contributed by atoms with E-state index in [1.807, 2.05) is 30.5 Å². The molecule has 0 unspecified atom stereocenters. The minimum Gasteiger partial charge on any atom is -0.468 e. The molecule has 1 aromatic carbocycles. The number of hydrogen-bond donors (Lipinski definition) is 0. The van der Waals surface area contributed by atoms with Gasteiger partial charge in [-0.1, -0.05) is 29.8 Å². The number of aromatic nitrogens is 4. The number of halogens is 1. The molecule has 22 heavy (non-hydrogen) atoms. The lowest BCUT2D eigenvalue weighted by molar-refractivity contribution is 0.158. The number of nitrogens with zero attached hydrogens (tertiary/aromatic N) is 5. The second-order valence-corrected chi connectivity index (χ2v) is 5.38. The Morgan fingerprint density at radius 3 is 2.77 bits per heavy atom. The molecule has 4 rings (SSSR count). The number of ether oxygens (including phenoxy) is 1. The molecule has 1 saturated heterocycles. The van der Waals surface area contributed by atoms with Gasteiger partial charge in [0.15, 0.2) is 5.15 Å². The summed E-state index contributed by atoms with van der Waals surface area (Å²) in [6.45, 7) is 1.40. The van der Waals surface area contributed by atoms with Gasteiger partial charge < -0.3 is 9.64 Å². The summed E-state index contributed by atoms with van der Waals surface area (Å²) >= 11 is 5.93. The first-order chi connectivity index (χ1) is 10.8. The van der Waals surface area contributed by atoms with Gasteiger partial charge in [-0.15, -0.1) is 0 Å². The van der Waals surface area contributed by atoms with E-state index in [0.717, 1.165) is 10.9 Å². The minimum absolute atomic E-state index is 0.0178. The van der Waals surface area contributed by atoms with Gasteiger partial charge >= 0.3 is 0 Å². The molecule has 0 bridgehead atoms. The molecule has 0 amide bonds. The third kappa shape index (κ3) is 2.42. The van der Waals surface area contributed by atoms with Gasteiger partial charge in [-0.3, -0.25) is 0 Å². The zero-order valence-electron chi connectivity index (χ0n) is 11.6. The average Bonchev–Trinajstić information content (AvgIpc) is 2.51. The van der Waals surface area contributed by atoms with Gasteiger partial charge in [0.25, 0.3) is 5.88 Å². The van der Waals surface area contributed by atoms with E-state index in [4.69, 9.17) is 16.3 Å². The topological polar surface area (TPSA) is 64.0 Å². The lowest BCUT2D eigenvalue weighted by atomic mass is 10.2. The van der Waals surface area contributed by atoms with Crippen LogP contribution in [0.5, 0.6) is 5.88 Å². The van der Waals surface area contributed by atoms with E-state index >= 15 is 0 Å². The van der Waals surface area contributed by atoms with Crippen LogP contribution in [0.15, 0.2) is 42.9 Å². The molecule has 7 heteroatoms. The molecule has 0 saturated carbocycles. The van der Waals surface area contributed by atoms with Crippen molar-refractivity contribution in [1.29, 1.82) is 0 Å². The van der Waals surface area contributed by atoms with Crippen LogP contribution in [-0.2, 0) is 0 Å². The molecule has 3 aromatic rings. The maximum atomic E-state index is 5.93. The fourth-order valence-electron chi connectivity index (χ4n) is 2.34. The molecule has 0 aliphatic carbocycles. The van der Waals surface area contributed by atoms with E-state index in [1.54, 1.807) is 6.20 Å². The summed E-state index contributed by atoms with van der Waals surface area (Å²) < 4.78 is 5.72. The highest BCUT2D eigenvalue weighted by Gasteiger charge is 2.31. The number of anilines is 1. The first kappa shape index (κ1) is 13.2. The largest absolute Gasteiger partial charge is 0.468 e. The lowest BCUT2D eigenvalue weighted by Crippen LogP contribution is -2.54. The van der Waals surface area contributed by atoms with Gasteiger partial charge in [0.2, 0.25) is 5.95 Å². The van der Waals surface area contributed by atoms with E-state index in [1.165, 1.54) is 6.20 Å². The summed E-state index contributed by atoms with van der Waals surface area (Å²) in [4.78, 5) is 19.0. The zero-order valence-corrected chi connectivity index (χ0v) is 12.3. The molecule has 0 spiro atoms. The Morgan fingerprint density at radius 2 is 1.91 bits per heavy atom. The monoisotopic (exact) mass is 313 g/mol. The Bertz CT molecular complexity index is 822. The van der Waals surface area contributed by atoms with E-state index in [9.17, 15) is 0 Å². The maximum Gasteiger partial charge on any atom is 0.252 e. The van der Waals surface area contributed by atoms with Crippen LogP contribution in [0.1, 0.15) is 0 Å². The van der Waals surface area contributed by atoms with Crippen molar-refractivity contribution in [1.82, 2.24) is 19.9 Å². The van der Waals surface area contributed by atoms with Gasteiger partial charge in [0.05, 0.1) is 18.6 Å². The Labute approximate surface area is 131 Å². The van der Waals surface area contributed by atoms with Gasteiger partial charge in [-0.2, -0.15) is 0 Å². The average molecular weight is 314 g/mol. The van der Waals surface area contributed by atoms with Crippen molar-refractivity contribution in [2.75, 3.05) is 18.0 Å². The quantitative estimate of drug-likeness (QED) is 0.739. The van der Waals surface area contributed by atoms with Crippen molar-refractivity contribution in [3.63, 3.8) is 0 Å². The molecule has 0 radical (unpaired) electrons. The zero-order chi connectivity index (χ0) is 14.9. The molecule has 110 valence electrons. The fraction of sp³-hybridized carbons (Fsp3) is 0.200. The highest BCUT2D eigenvalue weighted by atomic mass is 35.5. The van der Waals surface area contributed by atoms with Crippen LogP contribution < -0.4 is 9.64 Å². The first-order valence-corrected chi connectivity index (χ1v) is 7.27. The normalized spacial score (nSPS) is 14.9. The molecule has 2 aromatic heterocycles. The van der Waals surface area contributed by atoms with Crippen LogP contribution in [0.25, 0.3) is 10.9 Å². The Hall–Kier alpha value is -2.47. The standard InChI is InChI=1S/C15H12ClN5O/c16-13-14(18-6-5-17-13)22-11-8-21(9-11)15-19-7-10-3-1-2-4-12(10)20-15/h1-7,11H,8-9H2. The molecule has 3 heterocycles. The highest BCUT2D eigenvalue weighted by molar-refractivity contribution is 6.30. The van der Waals surface area contributed by atoms with Crippen molar-refractivity contribution in [2.24, 2.45) is 0 Å². The van der Waals surface area contributed by atoms with Crippen LogP contribution in [-0.4, -0.2) is 39.1 Å². The van der Waals surface area contributed by atoms with Gasteiger partial charge in [0, 0.05) is 24.0 Å². The van der Waals surface area contributed by atoms with Crippen molar-refractivity contribution in [3.05, 3.63) is 48.0 Å². The van der Waals surface area contributed by atoms with E-state index in [-0.39, 0.29) is 11.3 Å². The molecule has 0 N–H and O–H groups in total. The summed E-state index contributed by atoms with van der Waals surface area (Å²) in [5.74, 6) is 1.08. The van der Waals surface area contributed by atoms with Gasteiger partial charge in [0.1, 0.15) is 6.10 Å². The Kier molecular flexibility index (Phi) is 3.23.